The molecule has 1 aromatic heterocycles. The summed E-state index contributed by atoms with van der Waals surface area (Å²) >= 11 is 5.11. The van der Waals surface area contributed by atoms with Gasteiger partial charge in [-0.05, 0) is 23.1 Å². The van der Waals surface area contributed by atoms with Gasteiger partial charge in [-0.2, -0.15) is 0 Å². The Morgan fingerprint density at radius 2 is 2.21 bits per heavy atom. The maximum Gasteiger partial charge on any atom is 0.0708 e. The van der Waals surface area contributed by atoms with Gasteiger partial charge in [0, 0.05) is 26.7 Å². The van der Waals surface area contributed by atoms with E-state index in [1.54, 1.807) is 11.3 Å². The van der Waals surface area contributed by atoms with E-state index in [1.807, 2.05) is 12.1 Å². The predicted octanol–water partition coefficient (Wildman–Crippen LogP) is 2.87. The molecular weight excluding hydrogens is 262 g/mol. The van der Waals surface area contributed by atoms with Crippen molar-refractivity contribution < 1.29 is 5.11 Å². The number of hydrogen-bond donors (Lipinski definition) is 2. The third-order valence-electron chi connectivity index (χ3n) is 2.26. The van der Waals surface area contributed by atoms with Gasteiger partial charge in [0.25, 0.3) is 0 Å². The van der Waals surface area contributed by atoms with Gasteiger partial charge in [0.1, 0.15) is 0 Å². The highest BCUT2D eigenvalue weighted by molar-refractivity contribution is 9.08. The molecule has 1 heterocycles. The van der Waals surface area contributed by atoms with E-state index in [0.29, 0.717) is 5.69 Å². The van der Waals surface area contributed by atoms with E-state index in [2.05, 4.69) is 21.3 Å². The highest BCUT2D eigenvalue weighted by atomic mass is 79.9. The van der Waals surface area contributed by atoms with Crippen molar-refractivity contribution in [2.75, 3.05) is 5.73 Å². The number of fused-ring (bicyclic) bond motifs is 1. The summed E-state index contributed by atoms with van der Waals surface area (Å²) in [6, 6.07) is 3.85. The second kappa shape index (κ2) is 3.88. The van der Waals surface area contributed by atoms with Crippen LogP contribution in [0.25, 0.3) is 10.1 Å². The first-order valence-corrected chi connectivity index (χ1v) is 6.22. The monoisotopic (exact) mass is 271 g/mol. The Morgan fingerprint density at radius 3 is 2.86 bits per heavy atom. The molecular formula is C10H10BrNOS. The normalized spacial score (nSPS) is 11.0. The van der Waals surface area contributed by atoms with Crippen molar-refractivity contribution in [3.63, 3.8) is 0 Å². The first-order chi connectivity index (χ1) is 6.77. The van der Waals surface area contributed by atoms with Crippen molar-refractivity contribution >= 4 is 43.0 Å². The van der Waals surface area contributed by atoms with Crippen molar-refractivity contribution in [2.24, 2.45) is 0 Å². The lowest BCUT2D eigenvalue weighted by Gasteiger charge is -2.05. The van der Waals surface area contributed by atoms with Crippen molar-refractivity contribution in [3.05, 3.63) is 28.6 Å². The Balaban J connectivity index is 2.81. The molecule has 4 heteroatoms. The molecule has 14 heavy (non-hydrogen) atoms. The standard InChI is InChI=1S/C10H10BrNOS/c11-3-6-5-14-9-2-1-8(12)7(4-13)10(6)9/h1-2,5,13H,3-4,12H2. The minimum atomic E-state index is -0.0000926. The average molecular weight is 272 g/mol. The van der Waals surface area contributed by atoms with Crippen LogP contribution in [0.4, 0.5) is 5.69 Å². The molecule has 0 spiro atoms. The van der Waals surface area contributed by atoms with Crippen LogP contribution in [0.15, 0.2) is 17.5 Å². The lowest BCUT2D eigenvalue weighted by molar-refractivity contribution is 0.284. The van der Waals surface area contributed by atoms with Crippen molar-refractivity contribution in [1.29, 1.82) is 0 Å². The second-order valence-electron chi connectivity index (χ2n) is 3.06. The van der Waals surface area contributed by atoms with Gasteiger partial charge in [-0.25, -0.2) is 0 Å². The van der Waals surface area contributed by atoms with Gasteiger partial charge in [-0.3, -0.25) is 0 Å². The number of aliphatic hydroxyl groups excluding tert-OH is 1. The topological polar surface area (TPSA) is 46.2 Å². The molecule has 0 bridgehead atoms. The van der Waals surface area contributed by atoms with E-state index in [4.69, 9.17) is 5.73 Å². The number of thiophene rings is 1. The molecule has 0 fully saturated rings. The van der Waals surface area contributed by atoms with Crippen LogP contribution in [0.1, 0.15) is 11.1 Å². The molecule has 3 N–H and O–H groups in total. The molecule has 0 aliphatic carbocycles. The highest BCUT2D eigenvalue weighted by Crippen LogP contribution is 2.33. The van der Waals surface area contributed by atoms with Gasteiger partial charge in [-0.1, -0.05) is 15.9 Å². The summed E-state index contributed by atoms with van der Waals surface area (Å²) < 4.78 is 1.18. The van der Waals surface area contributed by atoms with Crippen molar-refractivity contribution in [2.45, 2.75) is 11.9 Å². The Labute approximate surface area is 94.5 Å². The molecule has 1 aromatic carbocycles. The van der Waals surface area contributed by atoms with Crippen LogP contribution in [-0.2, 0) is 11.9 Å². The number of halogens is 1. The lowest BCUT2D eigenvalue weighted by atomic mass is 10.1. The number of alkyl halides is 1. The summed E-state index contributed by atoms with van der Waals surface area (Å²) in [5, 5.41) is 13.3. The van der Waals surface area contributed by atoms with Gasteiger partial charge >= 0.3 is 0 Å². The van der Waals surface area contributed by atoms with Gasteiger partial charge in [-0.15, -0.1) is 11.3 Å². The third-order valence-corrected chi connectivity index (χ3v) is 3.86. The summed E-state index contributed by atoms with van der Waals surface area (Å²) in [5.74, 6) is 0. The minimum Gasteiger partial charge on any atom is -0.398 e. The van der Waals surface area contributed by atoms with Gasteiger partial charge in [0.05, 0.1) is 6.61 Å². The molecule has 0 atom stereocenters. The molecule has 2 rings (SSSR count). The quantitative estimate of drug-likeness (QED) is 0.652. The van der Waals surface area contributed by atoms with Crippen LogP contribution in [0.5, 0.6) is 0 Å². The van der Waals surface area contributed by atoms with Crippen LogP contribution in [0.3, 0.4) is 0 Å². The number of aliphatic hydroxyl groups is 1. The Hall–Kier alpha value is -0.580. The molecule has 0 radical (unpaired) electrons. The first kappa shape index (κ1) is 9.96. The maximum absolute atomic E-state index is 9.26. The van der Waals surface area contributed by atoms with Gasteiger partial charge in [0.2, 0.25) is 0 Å². The Kier molecular flexibility index (Phi) is 2.76. The fraction of sp³-hybridized carbons (Fsp3) is 0.200. The summed E-state index contributed by atoms with van der Waals surface area (Å²) in [6.07, 6.45) is 0. The molecule has 0 unspecified atom stereocenters. The predicted molar refractivity (Wildman–Crippen MR) is 64.8 cm³/mol. The molecule has 2 nitrogen and oxygen atoms in total. The minimum absolute atomic E-state index is 0.0000926. The molecule has 0 saturated heterocycles. The fourth-order valence-corrected chi connectivity index (χ4v) is 3.20. The number of anilines is 1. The van der Waals surface area contributed by atoms with Crippen molar-refractivity contribution in [3.8, 4) is 0 Å². The van der Waals surface area contributed by atoms with Crippen LogP contribution in [-0.4, -0.2) is 5.11 Å². The summed E-state index contributed by atoms with van der Waals surface area (Å²) in [6.45, 7) is -0.0000926. The molecule has 0 amide bonds. The zero-order valence-corrected chi connectivity index (χ0v) is 9.86. The second-order valence-corrected chi connectivity index (χ2v) is 4.53. The summed E-state index contributed by atoms with van der Waals surface area (Å²) in [4.78, 5) is 0. The van der Waals surface area contributed by atoms with Crippen molar-refractivity contribution in [1.82, 2.24) is 0 Å². The zero-order chi connectivity index (χ0) is 10.1. The molecule has 74 valence electrons. The van der Waals surface area contributed by atoms with Gasteiger partial charge in [0.15, 0.2) is 0 Å². The highest BCUT2D eigenvalue weighted by Gasteiger charge is 2.09. The molecule has 0 aliphatic heterocycles. The van der Waals surface area contributed by atoms with Gasteiger partial charge < -0.3 is 10.8 Å². The number of nitrogens with two attached hydrogens (primary N) is 1. The van der Waals surface area contributed by atoms with Crippen LogP contribution < -0.4 is 5.73 Å². The van der Waals surface area contributed by atoms with E-state index in [1.165, 1.54) is 10.3 Å². The average Bonchev–Trinajstić information content (AvgIpc) is 2.61. The number of nitrogen functional groups attached to an aromatic ring is 1. The maximum atomic E-state index is 9.26. The van der Waals surface area contributed by atoms with E-state index in [0.717, 1.165) is 16.3 Å². The molecule has 0 saturated carbocycles. The number of benzene rings is 1. The number of hydrogen-bond acceptors (Lipinski definition) is 3. The third kappa shape index (κ3) is 1.43. The van der Waals surface area contributed by atoms with E-state index in [9.17, 15) is 5.11 Å². The van der Waals surface area contributed by atoms with E-state index < -0.39 is 0 Å². The Bertz CT molecular complexity index is 466. The van der Waals surface area contributed by atoms with E-state index in [-0.39, 0.29) is 6.61 Å². The molecule has 2 aromatic rings. The molecule has 0 aliphatic rings. The number of rotatable bonds is 2. The van der Waals surface area contributed by atoms with Crippen LogP contribution >= 0.6 is 27.3 Å². The van der Waals surface area contributed by atoms with E-state index >= 15 is 0 Å². The lowest BCUT2D eigenvalue weighted by Crippen LogP contribution is -1.95. The first-order valence-electron chi connectivity index (χ1n) is 4.22. The van der Waals surface area contributed by atoms with Crippen LogP contribution in [0, 0.1) is 0 Å². The zero-order valence-electron chi connectivity index (χ0n) is 7.46. The Morgan fingerprint density at radius 1 is 1.43 bits per heavy atom. The smallest absolute Gasteiger partial charge is 0.0708 e. The summed E-state index contributed by atoms with van der Waals surface area (Å²) in [5.41, 5.74) is 8.52. The fourth-order valence-electron chi connectivity index (χ4n) is 1.55. The SMILES string of the molecule is Nc1ccc2scc(CBr)c2c1CO. The summed E-state index contributed by atoms with van der Waals surface area (Å²) in [7, 11) is 0. The largest absolute Gasteiger partial charge is 0.398 e. The van der Waals surface area contributed by atoms with Crippen LogP contribution in [0.2, 0.25) is 0 Å².